The minimum atomic E-state index is -0.623. The van der Waals surface area contributed by atoms with Crippen LogP contribution >= 0.6 is 0 Å². The molecule has 2 heterocycles. The summed E-state index contributed by atoms with van der Waals surface area (Å²) in [5.41, 5.74) is -0.623. The molecule has 1 aromatic rings. The van der Waals surface area contributed by atoms with E-state index in [4.69, 9.17) is 9.47 Å². The zero-order valence-electron chi connectivity index (χ0n) is 13.5. The molecule has 0 bridgehead atoms. The van der Waals surface area contributed by atoms with Gasteiger partial charge >= 0.3 is 0 Å². The lowest BCUT2D eigenvalue weighted by molar-refractivity contribution is -0.133. The molecular formula is C17H26N2O3. The summed E-state index contributed by atoms with van der Waals surface area (Å²) in [6, 6.07) is 3.80. The lowest BCUT2D eigenvalue weighted by Crippen LogP contribution is -2.55. The molecule has 1 N–H and O–H groups in total. The quantitative estimate of drug-likeness (QED) is 0.873. The first-order valence-electron chi connectivity index (χ1n) is 8.21. The Hall–Kier alpha value is -1.33. The molecule has 1 saturated heterocycles. The summed E-state index contributed by atoms with van der Waals surface area (Å²) in [4.78, 5) is 12.7. The molecule has 0 unspecified atom stereocenters. The van der Waals surface area contributed by atoms with Crippen LogP contribution < -0.4 is 5.32 Å². The lowest BCUT2D eigenvalue weighted by atomic mass is 10.0. The molecule has 0 spiro atoms. The van der Waals surface area contributed by atoms with Crippen LogP contribution in [0.1, 0.15) is 33.1 Å². The fourth-order valence-electron chi connectivity index (χ4n) is 2.77. The zero-order chi connectivity index (χ0) is 15.6. The lowest BCUT2D eigenvalue weighted by Gasteiger charge is -2.35. The Bertz CT molecular complexity index is 494. The third-order valence-electron chi connectivity index (χ3n) is 4.66. The van der Waals surface area contributed by atoms with Crippen LogP contribution in [-0.4, -0.2) is 42.4 Å². The van der Waals surface area contributed by atoms with E-state index in [1.165, 1.54) is 12.8 Å². The molecule has 1 amide bonds. The maximum atomic E-state index is 12.7. The van der Waals surface area contributed by atoms with Crippen molar-refractivity contribution in [2.75, 3.05) is 19.8 Å². The van der Waals surface area contributed by atoms with Crippen LogP contribution in [0.5, 0.6) is 0 Å². The molecule has 22 heavy (non-hydrogen) atoms. The molecule has 0 aromatic carbocycles. The Morgan fingerprint density at radius 1 is 1.32 bits per heavy atom. The number of ether oxygens (including phenoxy) is 2. The van der Waals surface area contributed by atoms with Gasteiger partial charge in [-0.1, -0.05) is 0 Å². The van der Waals surface area contributed by atoms with E-state index in [0.29, 0.717) is 13.2 Å². The van der Waals surface area contributed by atoms with E-state index in [2.05, 4.69) is 5.32 Å². The van der Waals surface area contributed by atoms with Crippen molar-refractivity contribution in [3.05, 3.63) is 24.5 Å². The number of hydrogen-bond donors (Lipinski definition) is 1. The van der Waals surface area contributed by atoms with Gasteiger partial charge in [0.25, 0.3) is 0 Å². The minimum Gasteiger partial charge on any atom is -0.379 e. The van der Waals surface area contributed by atoms with E-state index in [9.17, 15) is 4.79 Å². The average Bonchev–Trinajstić information content (AvgIpc) is 3.16. The topological polar surface area (TPSA) is 52.5 Å². The van der Waals surface area contributed by atoms with Gasteiger partial charge in [-0.15, -0.1) is 0 Å². The van der Waals surface area contributed by atoms with Crippen LogP contribution in [0.4, 0.5) is 0 Å². The van der Waals surface area contributed by atoms with Crippen LogP contribution in [0.25, 0.3) is 0 Å². The largest absolute Gasteiger partial charge is 0.379 e. The van der Waals surface area contributed by atoms with Crippen LogP contribution in [0, 0.1) is 5.92 Å². The Morgan fingerprint density at radius 2 is 2.05 bits per heavy atom. The first-order valence-corrected chi connectivity index (χ1v) is 8.21. The van der Waals surface area contributed by atoms with E-state index in [1.54, 1.807) is 0 Å². The molecule has 0 radical (unpaired) electrons. The average molecular weight is 306 g/mol. The van der Waals surface area contributed by atoms with Gasteiger partial charge in [0.1, 0.15) is 5.54 Å². The number of amides is 1. The van der Waals surface area contributed by atoms with Gasteiger partial charge in [0.15, 0.2) is 0 Å². The van der Waals surface area contributed by atoms with Crippen molar-refractivity contribution in [3.63, 3.8) is 0 Å². The van der Waals surface area contributed by atoms with Crippen LogP contribution in [0.2, 0.25) is 0 Å². The van der Waals surface area contributed by atoms with Crippen molar-refractivity contribution in [1.29, 1.82) is 0 Å². The third kappa shape index (κ3) is 3.52. The number of rotatable bonds is 6. The number of carbonyl (C=O) groups is 1. The summed E-state index contributed by atoms with van der Waals surface area (Å²) >= 11 is 0. The molecule has 1 aliphatic heterocycles. The van der Waals surface area contributed by atoms with Gasteiger partial charge in [0.2, 0.25) is 5.91 Å². The van der Waals surface area contributed by atoms with Gasteiger partial charge < -0.3 is 19.4 Å². The third-order valence-corrected chi connectivity index (χ3v) is 4.66. The highest BCUT2D eigenvalue weighted by Crippen LogP contribution is 2.30. The summed E-state index contributed by atoms with van der Waals surface area (Å²) in [5, 5.41) is 3.13. The normalized spacial score (nSPS) is 25.9. The molecule has 2 fully saturated rings. The zero-order valence-corrected chi connectivity index (χ0v) is 13.5. The van der Waals surface area contributed by atoms with E-state index in [1.807, 2.05) is 42.9 Å². The Balaban J connectivity index is 1.60. The number of nitrogens with one attached hydrogen (secondary N) is 1. The van der Waals surface area contributed by atoms with Crippen molar-refractivity contribution in [2.24, 2.45) is 5.92 Å². The molecule has 5 nitrogen and oxygen atoms in total. The van der Waals surface area contributed by atoms with Gasteiger partial charge in [-0.05, 0) is 51.2 Å². The molecule has 2 aliphatic rings. The van der Waals surface area contributed by atoms with Crippen molar-refractivity contribution >= 4 is 5.91 Å². The standard InChI is InChI=1S/C17H26N2O3/c1-17(2,19-8-3-4-9-19)16(20)18-14-12-21-10-7-15(14)22-11-13-5-6-13/h3-4,8-9,13-15H,5-7,10-12H2,1-2H3,(H,18,20)/t14-,15+/m1/s1. The maximum Gasteiger partial charge on any atom is 0.246 e. The Morgan fingerprint density at radius 3 is 2.73 bits per heavy atom. The minimum absolute atomic E-state index is 0.000720. The second-order valence-electron chi connectivity index (χ2n) is 6.91. The van der Waals surface area contributed by atoms with Gasteiger partial charge in [0.05, 0.1) is 18.8 Å². The fraction of sp³-hybridized carbons (Fsp3) is 0.706. The van der Waals surface area contributed by atoms with Gasteiger partial charge in [-0.25, -0.2) is 0 Å². The van der Waals surface area contributed by atoms with E-state index in [-0.39, 0.29) is 18.1 Å². The predicted molar refractivity (Wildman–Crippen MR) is 83.6 cm³/mol. The molecular weight excluding hydrogens is 280 g/mol. The van der Waals surface area contributed by atoms with Crippen molar-refractivity contribution in [1.82, 2.24) is 9.88 Å². The molecule has 2 atom stereocenters. The highest BCUT2D eigenvalue weighted by Gasteiger charge is 2.35. The molecule has 3 rings (SSSR count). The molecule has 1 aliphatic carbocycles. The van der Waals surface area contributed by atoms with Crippen molar-refractivity contribution < 1.29 is 14.3 Å². The Labute approximate surface area is 132 Å². The van der Waals surface area contributed by atoms with Crippen LogP contribution in [0.15, 0.2) is 24.5 Å². The summed E-state index contributed by atoms with van der Waals surface area (Å²) in [7, 11) is 0. The maximum absolute atomic E-state index is 12.7. The van der Waals surface area contributed by atoms with Crippen molar-refractivity contribution in [3.8, 4) is 0 Å². The summed E-state index contributed by atoms with van der Waals surface area (Å²) in [5.74, 6) is 0.731. The van der Waals surface area contributed by atoms with Crippen LogP contribution in [0.3, 0.4) is 0 Å². The summed E-state index contributed by atoms with van der Waals surface area (Å²) in [6.07, 6.45) is 7.30. The van der Waals surface area contributed by atoms with Crippen molar-refractivity contribution in [2.45, 2.75) is 50.8 Å². The van der Waals surface area contributed by atoms with Crippen LogP contribution in [-0.2, 0) is 19.8 Å². The van der Waals surface area contributed by atoms with Gasteiger partial charge in [-0.2, -0.15) is 0 Å². The fourth-order valence-corrected chi connectivity index (χ4v) is 2.77. The number of hydrogen-bond acceptors (Lipinski definition) is 3. The molecule has 5 heteroatoms. The van der Waals surface area contributed by atoms with E-state index < -0.39 is 5.54 Å². The molecule has 1 saturated carbocycles. The van der Waals surface area contributed by atoms with E-state index >= 15 is 0 Å². The van der Waals surface area contributed by atoms with Gasteiger partial charge in [-0.3, -0.25) is 4.79 Å². The predicted octanol–water partition coefficient (Wildman–Crippen LogP) is 1.92. The smallest absolute Gasteiger partial charge is 0.246 e. The number of aromatic nitrogens is 1. The highest BCUT2D eigenvalue weighted by molar-refractivity contribution is 5.84. The molecule has 1 aromatic heterocycles. The monoisotopic (exact) mass is 306 g/mol. The first-order chi connectivity index (χ1) is 10.6. The van der Waals surface area contributed by atoms with E-state index in [0.717, 1.165) is 18.9 Å². The number of nitrogens with zero attached hydrogens (tertiary/aromatic N) is 1. The number of carbonyl (C=O) groups excluding carboxylic acids is 1. The Kier molecular flexibility index (Phi) is 4.54. The summed E-state index contributed by atoms with van der Waals surface area (Å²) < 4.78 is 13.5. The summed E-state index contributed by atoms with van der Waals surface area (Å²) in [6.45, 7) is 5.90. The van der Waals surface area contributed by atoms with Gasteiger partial charge in [0, 0.05) is 25.6 Å². The first kappa shape index (κ1) is 15.6. The second kappa shape index (κ2) is 6.42. The highest BCUT2D eigenvalue weighted by atomic mass is 16.5. The molecule has 122 valence electrons. The SMILES string of the molecule is CC(C)(C(=O)N[C@@H]1COCC[C@@H]1OCC1CC1)n1cccc1. The second-order valence-corrected chi connectivity index (χ2v) is 6.91.